The minimum Gasteiger partial charge on any atom is -0.388 e. The first-order chi connectivity index (χ1) is 7.81. The third-order valence-corrected chi connectivity index (χ3v) is 2.61. The van der Waals surface area contributed by atoms with E-state index in [2.05, 4.69) is 41.5 Å². The zero-order chi connectivity index (χ0) is 11.4. The highest BCUT2D eigenvalue weighted by Gasteiger charge is 2.02. The molecule has 0 fully saturated rings. The van der Waals surface area contributed by atoms with Crippen molar-refractivity contribution in [3.63, 3.8) is 0 Å². The van der Waals surface area contributed by atoms with Gasteiger partial charge in [-0.1, -0.05) is 18.2 Å². The highest BCUT2D eigenvalue weighted by atomic mass is 15.1. The van der Waals surface area contributed by atoms with Crippen LogP contribution in [0.15, 0.2) is 48.5 Å². The maximum Gasteiger partial charge on any atom is 0.0428 e. The molecule has 0 aliphatic carbocycles. The van der Waals surface area contributed by atoms with Gasteiger partial charge < -0.3 is 10.2 Å². The predicted molar refractivity (Wildman–Crippen MR) is 69.3 cm³/mol. The lowest BCUT2D eigenvalue weighted by Crippen LogP contribution is -2.09. The highest BCUT2D eigenvalue weighted by molar-refractivity contribution is 5.66. The predicted octanol–water partition coefficient (Wildman–Crippen LogP) is 3.30. The molecule has 81 valence electrons. The van der Waals surface area contributed by atoms with Gasteiger partial charge in [0.2, 0.25) is 0 Å². The molecule has 1 radical (unpaired) electrons. The SMILES string of the molecule is CNc1cccc(N(C)c2cc[c]cc2)c1. The van der Waals surface area contributed by atoms with Crippen LogP contribution in [0.25, 0.3) is 0 Å². The molecule has 0 atom stereocenters. The summed E-state index contributed by atoms with van der Waals surface area (Å²) in [5, 5.41) is 3.14. The molecule has 0 unspecified atom stereocenters. The zero-order valence-corrected chi connectivity index (χ0v) is 9.57. The van der Waals surface area contributed by atoms with Crippen LogP contribution in [0, 0.1) is 6.07 Å². The number of anilines is 3. The van der Waals surface area contributed by atoms with Gasteiger partial charge >= 0.3 is 0 Å². The van der Waals surface area contributed by atoms with Gasteiger partial charge in [0.15, 0.2) is 0 Å². The minimum absolute atomic E-state index is 1.12. The maximum atomic E-state index is 3.14. The van der Waals surface area contributed by atoms with Crippen LogP contribution in [-0.2, 0) is 0 Å². The Balaban J connectivity index is 2.30. The monoisotopic (exact) mass is 211 g/mol. The average Bonchev–Trinajstić information content (AvgIpc) is 2.39. The smallest absolute Gasteiger partial charge is 0.0428 e. The van der Waals surface area contributed by atoms with Gasteiger partial charge in [0.05, 0.1) is 0 Å². The molecule has 2 rings (SSSR count). The van der Waals surface area contributed by atoms with Crippen molar-refractivity contribution >= 4 is 17.1 Å². The molecule has 2 nitrogen and oxygen atoms in total. The third kappa shape index (κ3) is 2.16. The van der Waals surface area contributed by atoms with E-state index in [0.29, 0.717) is 0 Å². The van der Waals surface area contributed by atoms with Crippen LogP contribution >= 0.6 is 0 Å². The lowest BCUT2D eigenvalue weighted by molar-refractivity contribution is 1.21. The van der Waals surface area contributed by atoms with Crippen LogP contribution in [-0.4, -0.2) is 14.1 Å². The Morgan fingerprint density at radius 3 is 2.50 bits per heavy atom. The summed E-state index contributed by atoms with van der Waals surface area (Å²) in [5.74, 6) is 0. The molecule has 0 saturated carbocycles. The van der Waals surface area contributed by atoms with Crippen molar-refractivity contribution in [2.45, 2.75) is 0 Å². The molecule has 0 amide bonds. The lowest BCUT2D eigenvalue weighted by atomic mass is 10.2. The first-order valence-corrected chi connectivity index (χ1v) is 5.29. The molecule has 0 saturated heterocycles. The summed E-state index contributed by atoms with van der Waals surface area (Å²) in [6.45, 7) is 0. The number of nitrogens with one attached hydrogen (secondary N) is 1. The summed E-state index contributed by atoms with van der Waals surface area (Å²) in [5.41, 5.74) is 3.44. The topological polar surface area (TPSA) is 15.3 Å². The number of benzene rings is 2. The van der Waals surface area contributed by atoms with E-state index in [-0.39, 0.29) is 0 Å². The number of hydrogen-bond donors (Lipinski definition) is 1. The van der Waals surface area contributed by atoms with Gasteiger partial charge in [0.1, 0.15) is 0 Å². The summed E-state index contributed by atoms with van der Waals surface area (Å²) in [6, 6.07) is 19.3. The van der Waals surface area contributed by atoms with Crippen molar-refractivity contribution in [1.82, 2.24) is 0 Å². The molecule has 1 N–H and O–H groups in total. The van der Waals surface area contributed by atoms with Gasteiger partial charge in [0.25, 0.3) is 0 Å². The molecule has 0 spiro atoms. The van der Waals surface area contributed by atoms with Gasteiger partial charge in [-0.05, 0) is 36.4 Å². The summed E-state index contributed by atoms with van der Waals surface area (Å²) >= 11 is 0. The summed E-state index contributed by atoms with van der Waals surface area (Å²) < 4.78 is 0. The molecule has 2 aromatic carbocycles. The molecule has 2 heteroatoms. The van der Waals surface area contributed by atoms with E-state index >= 15 is 0 Å². The molecule has 0 aliphatic rings. The van der Waals surface area contributed by atoms with Gasteiger partial charge in [-0.3, -0.25) is 0 Å². The van der Waals surface area contributed by atoms with Crippen molar-refractivity contribution < 1.29 is 0 Å². The van der Waals surface area contributed by atoms with E-state index in [1.807, 2.05) is 37.4 Å². The van der Waals surface area contributed by atoms with E-state index in [4.69, 9.17) is 0 Å². The fraction of sp³-hybridized carbons (Fsp3) is 0.143. The third-order valence-electron chi connectivity index (χ3n) is 2.61. The number of rotatable bonds is 3. The fourth-order valence-corrected chi connectivity index (χ4v) is 1.62. The van der Waals surface area contributed by atoms with Crippen molar-refractivity contribution in [2.24, 2.45) is 0 Å². The lowest BCUT2D eigenvalue weighted by Gasteiger charge is -2.20. The van der Waals surface area contributed by atoms with Crippen molar-refractivity contribution in [1.29, 1.82) is 0 Å². The first-order valence-electron chi connectivity index (χ1n) is 5.29. The van der Waals surface area contributed by atoms with Crippen molar-refractivity contribution in [3.05, 3.63) is 54.6 Å². The second kappa shape index (κ2) is 4.71. The Bertz CT molecular complexity index is 451. The van der Waals surface area contributed by atoms with Gasteiger partial charge in [-0.2, -0.15) is 0 Å². The molecule has 0 heterocycles. The summed E-state index contributed by atoms with van der Waals surface area (Å²) in [6.07, 6.45) is 0. The standard InChI is InChI=1S/C14H15N2/c1-15-12-7-6-10-14(11-12)16(2)13-8-4-3-5-9-13/h4-11,15H,1-2H3. The quantitative estimate of drug-likeness (QED) is 0.838. The fourth-order valence-electron chi connectivity index (χ4n) is 1.62. The Hall–Kier alpha value is -1.96. The highest BCUT2D eigenvalue weighted by Crippen LogP contribution is 2.25. The molecule has 0 bridgehead atoms. The molecular weight excluding hydrogens is 196 g/mol. The van der Waals surface area contributed by atoms with Gasteiger partial charge in [0, 0.05) is 31.2 Å². The van der Waals surface area contributed by atoms with Crippen LogP contribution in [0.2, 0.25) is 0 Å². The summed E-state index contributed by atoms with van der Waals surface area (Å²) in [4.78, 5) is 2.15. The van der Waals surface area contributed by atoms with E-state index in [9.17, 15) is 0 Å². The zero-order valence-electron chi connectivity index (χ0n) is 9.57. The first kappa shape index (κ1) is 10.6. The molecule has 0 aliphatic heterocycles. The van der Waals surface area contributed by atoms with E-state index in [1.54, 1.807) is 0 Å². The van der Waals surface area contributed by atoms with Gasteiger partial charge in [-0.15, -0.1) is 0 Å². The second-order valence-electron chi connectivity index (χ2n) is 3.62. The van der Waals surface area contributed by atoms with Crippen LogP contribution in [0.4, 0.5) is 17.1 Å². The van der Waals surface area contributed by atoms with Crippen LogP contribution in [0.3, 0.4) is 0 Å². The maximum absolute atomic E-state index is 3.14. The Morgan fingerprint density at radius 1 is 1.06 bits per heavy atom. The van der Waals surface area contributed by atoms with Crippen LogP contribution in [0.1, 0.15) is 0 Å². The Labute approximate surface area is 96.5 Å². The largest absolute Gasteiger partial charge is 0.388 e. The van der Waals surface area contributed by atoms with Crippen LogP contribution < -0.4 is 10.2 Å². The number of hydrogen-bond acceptors (Lipinski definition) is 2. The molecule has 2 aromatic rings. The van der Waals surface area contributed by atoms with Crippen LogP contribution in [0.5, 0.6) is 0 Å². The minimum atomic E-state index is 1.12. The Morgan fingerprint density at radius 2 is 1.81 bits per heavy atom. The second-order valence-corrected chi connectivity index (χ2v) is 3.62. The van der Waals surface area contributed by atoms with E-state index in [1.165, 1.54) is 0 Å². The van der Waals surface area contributed by atoms with E-state index in [0.717, 1.165) is 17.1 Å². The van der Waals surface area contributed by atoms with Crippen molar-refractivity contribution in [3.8, 4) is 0 Å². The molecule has 16 heavy (non-hydrogen) atoms. The Kier molecular flexibility index (Phi) is 3.10. The average molecular weight is 211 g/mol. The molecular formula is C14H15N2. The number of nitrogens with zero attached hydrogens (tertiary/aromatic N) is 1. The van der Waals surface area contributed by atoms with E-state index < -0.39 is 0 Å². The summed E-state index contributed by atoms with van der Waals surface area (Å²) in [7, 11) is 3.99. The van der Waals surface area contributed by atoms with Gasteiger partial charge in [-0.25, -0.2) is 0 Å². The normalized spacial score (nSPS) is 9.88. The van der Waals surface area contributed by atoms with Crippen molar-refractivity contribution in [2.75, 3.05) is 24.3 Å². The molecule has 0 aromatic heterocycles.